The smallest absolute Gasteiger partial charge is 0.198 e. The number of ether oxygens (including phenoxy) is 1. The van der Waals surface area contributed by atoms with E-state index in [2.05, 4.69) is 4.98 Å². The molecule has 0 aliphatic carbocycles. The Kier molecular flexibility index (Phi) is 1.58. The van der Waals surface area contributed by atoms with Gasteiger partial charge in [-0.1, -0.05) is 23.1 Å². The van der Waals surface area contributed by atoms with Gasteiger partial charge >= 0.3 is 0 Å². The van der Waals surface area contributed by atoms with Crippen LogP contribution in [0.5, 0.6) is 5.06 Å². The third-order valence-corrected chi connectivity index (χ3v) is 3.38. The summed E-state index contributed by atoms with van der Waals surface area (Å²) in [6.07, 6.45) is 3.03. The van der Waals surface area contributed by atoms with Gasteiger partial charge in [-0.2, -0.15) is 0 Å². The lowest BCUT2D eigenvalue weighted by molar-refractivity contribution is 0.365. The highest BCUT2D eigenvalue weighted by Crippen LogP contribution is 2.35. The predicted molar refractivity (Wildman–Crippen MR) is 43.1 cm³/mol. The average molecular weight is 173 g/mol. The number of hydrogen-bond donors (Lipinski definition) is 0. The standard InChI is InChI=1S/C6H7NOS2/c1-9-6-7-4-2-3-8-5(4)10-6/h2-3H2,1H3. The van der Waals surface area contributed by atoms with E-state index in [0.29, 0.717) is 0 Å². The molecule has 2 nitrogen and oxygen atoms in total. The number of fused-ring (bicyclic) bond motifs is 1. The molecule has 0 saturated carbocycles. The monoisotopic (exact) mass is 173 g/mol. The summed E-state index contributed by atoms with van der Waals surface area (Å²) >= 11 is 3.33. The van der Waals surface area contributed by atoms with Crippen molar-refractivity contribution in [1.82, 2.24) is 4.98 Å². The maximum absolute atomic E-state index is 5.32. The summed E-state index contributed by atoms with van der Waals surface area (Å²) < 4.78 is 6.44. The topological polar surface area (TPSA) is 22.1 Å². The van der Waals surface area contributed by atoms with Crippen LogP contribution in [0.4, 0.5) is 0 Å². The quantitative estimate of drug-likeness (QED) is 0.605. The molecule has 0 aromatic carbocycles. The van der Waals surface area contributed by atoms with Crippen molar-refractivity contribution < 1.29 is 4.74 Å². The first-order valence-electron chi connectivity index (χ1n) is 3.06. The molecule has 0 N–H and O–H groups in total. The Morgan fingerprint density at radius 2 is 2.60 bits per heavy atom. The Morgan fingerprint density at radius 1 is 1.70 bits per heavy atom. The third kappa shape index (κ3) is 0.914. The van der Waals surface area contributed by atoms with Crippen molar-refractivity contribution in [2.75, 3.05) is 12.9 Å². The van der Waals surface area contributed by atoms with E-state index < -0.39 is 0 Å². The number of rotatable bonds is 1. The predicted octanol–water partition coefficient (Wildman–Crippen LogP) is 1.80. The van der Waals surface area contributed by atoms with Gasteiger partial charge in [-0.15, -0.1) is 0 Å². The van der Waals surface area contributed by atoms with Gasteiger partial charge in [0.25, 0.3) is 0 Å². The normalized spacial score (nSPS) is 14.9. The van der Waals surface area contributed by atoms with Gasteiger partial charge in [0.2, 0.25) is 0 Å². The van der Waals surface area contributed by atoms with Crippen molar-refractivity contribution >= 4 is 23.1 Å². The van der Waals surface area contributed by atoms with Crippen LogP contribution in [0.1, 0.15) is 5.69 Å². The van der Waals surface area contributed by atoms with Gasteiger partial charge in [-0.3, -0.25) is 0 Å². The van der Waals surface area contributed by atoms with Gasteiger partial charge in [0.1, 0.15) is 0 Å². The van der Waals surface area contributed by atoms with E-state index in [-0.39, 0.29) is 0 Å². The number of hydrogen-bond acceptors (Lipinski definition) is 4. The molecule has 0 amide bonds. The third-order valence-electron chi connectivity index (χ3n) is 1.39. The number of nitrogens with zero attached hydrogens (tertiary/aromatic N) is 1. The zero-order valence-corrected chi connectivity index (χ0v) is 7.22. The molecule has 4 heteroatoms. The molecule has 1 aliphatic heterocycles. The first-order valence-corrected chi connectivity index (χ1v) is 5.11. The molecule has 2 heterocycles. The Bertz CT molecular complexity index is 224. The summed E-state index contributed by atoms with van der Waals surface area (Å²) in [5, 5.41) is 1.03. The van der Waals surface area contributed by atoms with E-state index in [9.17, 15) is 0 Å². The molecular formula is C6H7NOS2. The fraction of sp³-hybridized carbons (Fsp3) is 0.500. The van der Waals surface area contributed by atoms with Gasteiger partial charge in [-0.25, -0.2) is 4.98 Å². The van der Waals surface area contributed by atoms with Crippen LogP contribution in [0, 0.1) is 0 Å². The van der Waals surface area contributed by atoms with Gasteiger partial charge in [0.15, 0.2) is 9.40 Å². The van der Waals surface area contributed by atoms with Gasteiger partial charge < -0.3 is 4.74 Å². The van der Waals surface area contributed by atoms with E-state index in [1.807, 2.05) is 6.26 Å². The van der Waals surface area contributed by atoms with Crippen LogP contribution in [0.15, 0.2) is 4.34 Å². The minimum absolute atomic E-state index is 0.822. The number of thioether (sulfide) groups is 1. The first kappa shape index (κ1) is 6.49. The van der Waals surface area contributed by atoms with Crippen molar-refractivity contribution in [2.24, 2.45) is 0 Å². The maximum Gasteiger partial charge on any atom is 0.198 e. The van der Waals surface area contributed by atoms with Crippen molar-refractivity contribution in [3.05, 3.63) is 5.69 Å². The van der Waals surface area contributed by atoms with E-state index in [1.165, 1.54) is 0 Å². The molecule has 0 atom stereocenters. The summed E-state index contributed by atoms with van der Waals surface area (Å²) in [7, 11) is 0. The zero-order valence-electron chi connectivity index (χ0n) is 5.59. The van der Waals surface area contributed by atoms with E-state index in [1.54, 1.807) is 23.1 Å². The summed E-state index contributed by atoms with van der Waals surface area (Å²) in [5.41, 5.74) is 1.15. The van der Waals surface area contributed by atoms with E-state index in [0.717, 1.165) is 28.1 Å². The fourth-order valence-corrected chi connectivity index (χ4v) is 2.40. The maximum atomic E-state index is 5.32. The summed E-state index contributed by atoms with van der Waals surface area (Å²) in [4.78, 5) is 4.37. The fourth-order valence-electron chi connectivity index (χ4n) is 0.915. The second-order valence-corrected chi connectivity index (χ2v) is 4.03. The molecule has 0 radical (unpaired) electrons. The van der Waals surface area contributed by atoms with Crippen LogP contribution < -0.4 is 4.74 Å². The minimum Gasteiger partial charge on any atom is -0.482 e. The van der Waals surface area contributed by atoms with E-state index >= 15 is 0 Å². The molecule has 10 heavy (non-hydrogen) atoms. The molecule has 0 fully saturated rings. The van der Waals surface area contributed by atoms with Gasteiger partial charge in [0.05, 0.1) is 12.3 Å². The molecule has 0 saturated heterocycles. The van der Waals surface area contributed by atoms with Crippen LogP contribution in [0.2, 0.25) is 0 Å². The van der Waals surface area contributed by atoms with Crippen molar-refractivity contribution in [3.63, 3.8) is 0 Å². The Labute approximate surface area is 67.6 Å². The Hall–Kier alpha value is -0.220. The summed E-state index contributed by atoms with van der Waals surface area (Å²) in [5.74, 6) is 0. The lowest BCUT2D eigenvalue weighted by Gasteiger charge is -1.88. The molecule has 0 bridgehead atoms. The molecular weight excluding hydrogens is 166 g/mol. The highest BCUT2D eigenvalue weighted by atomic mass is 32.2. The summed E-state index contributed by atoms with van der Waals surface area (Å²) in [6.45, 7) is 0.822. The SMILES string of the molecule is CSc1nc2c(s1)OCC2. The number of aromatic nitrogens is 1. The van der Waals surface area contributed by atoms with Crippen LogP contribution in [-0.2, 0) is 6.42 Å². The molecule has 2 rings (SSSR count). The van der Waals surface area contributed by atoms with Crippen molar-refractivity contribution in [2.45, 2.75) is 10.8 Å². The molecule has 0 unspecified atom stereocenters. The second kappa shape index (κ2) is 2.43. The highest BCUT2D eigenvalue weighted by Gasteiger charge is 2.17. The Balaban J connectivity index is 2.37. The molecule has 1 aromatic rings. The summed E-state index contributed by atoms with van der Waals surface area (Å²) in [6, 6.07) is 0. The van der Waals surface area contributed by atoms with Crippen molar-refractivity contribution in [3.8, 4) is 5.06 Å². The molecule has 1 aliphatic rings. The number of thiazole rings is 1. The Morgan fingerprint density at radius 3 is 3.30 bits per heavy atom. The van der Waals surface area contributed by atoms with Gasteiger partial charge in [0, 0.05) is 6.42 Å². The lowest BCUT2D eigenvalue weighted by Crippen LogP contribution is -1.87. The zero-order chi connectivity index (χ0) is 6.97. The second-order valence-electron chi connectivity index (χ2n) is 2.02. The molecule has 54 valence electrons. The average Bonchev–Trinajstić information content (AvgIpc) is 2.42. The van der Waals surface area contributed by atoms with Crippen LogP contribution >= 0.6 is 23.1 Å². The van der Waals surface area contributed by atoms with Crippen molar-refractivity contribution in [1.29, 1.82) is 0 Å². The highest BCUT2D eigenvalue weighted by molar-refractivity contribution is 8.00. The molecule has 1 aromatic heterocycles. The van der Waals surface area contributed by atoms with Crippen LogP contribution in [0.3, 0.4) is 0 Å². The minimum atomic E-state index is 0.822. The van der Waals surface area contributed by atoms with Crippen LogP contribution in [0.25, 0.3) is 0 Å². The first-order chi connectivity index (χ1) is 4.90. The lowest BCUT2D eigenvalue weighted by atomic mass is 10.4. The molecule has 0 spiro atoms. The largest absolute Gasteiger partial charge is 0.482 e. The van der Waals surface area contributed by atoms with Crippen LogP contribution in [-0.4, -0.2) is 17.8 Å². The van der Waals surface area contributed by atoms with Gasteiger partial charge in [-0.05, 0) is 6.26 Å². The van der Waals surface area contributed by atoms with E-state index in [4.69, 9.17) is 4.74 Å².